The lowest BCUT2D eigenvalue weighted by molar-refractivity contribution is 0.140. The van der Waals surface area contributed by atoms with Crippen LogP contribution >= 0.6 is 24.0 Å². The topological polar surface area (TPSA) is 68.9 Å². The molecule has 146 valence electrons. The van der Waals surface area contributed by atoms with E-state index in [4.69, 9.17) is 15.2 Å². The fourth-order valence-corrected chi connectivity index (χ4v) is 2.86. The van der Waals surface area contributed by atoms with Crippen molar-refractivity contribution in [2.75, 3.05) is 18.5 Å². The standard InChI is InChI=1S/C21H27N3O2.HI/c1-14-4-6-17(20(10-14)26-19-8-9-25-13-19)12-23-21(22)24-18-7-5-15(2)16(3)11-18;/h4-7,10-11,19H,8-9,12-13H2,1-3H3,(H3,22,23,24);1H. The molecule has 0 bridgehead atoms. The molecule has 6 heteroatoms. The number of nitrogens with two attached hydrogens (primary N) is 1. The number of ether oxygens (including phenoxy) is 2. The van der Waals surface area contributed by atoms with Crippen LogP contribution < -0.4 is 15.8 Å². The Labute approximate surface area is 178 Å². The van der Waals surface area contributed by atoms with E-state index in [2.05, 4.69) is 55.3 Å². The first-order valence-corrected chi connectivity index (χ1v) is 8.99. The first kappa shape index (κ1) is 21.5. The number of hydrogen-bond donors (Lipinski definition) is 2. The Kier molecular flexibility index (Phi) is 7.91. The largest absolute Gasteiger partial charge is 0.488 e. The first-order valence-electron chi connectivity index (χ1n) is 8.99. The van der Waals surface area contributed by atoms with Crippen molar-refractivity contribution in [3.05, 3.63) is 58.7 Å². The summed E-state index contributed by atoms with van der Waals surface area (Å²) >= 11 is 0. The highest BCUT2D eigenvalue weighted by Crippen LogP contribution is 2.24. The summed E-state index contributed by atoms with van der Waals surface area (Å²) in [5.41, 5.74) is 11.7. The van der Waals surface area contributed by atoms with Crippen molar-refractivity contribution in [2.45, 2.75) is 39.8 Å². The predicted octanol–water partition coefficient (Wildman–Crippen LogP) is 4.32. The second-order valence-corrected chi connectivity index (χ2v) is 6.84. The molecular formula is C21H28IN3O2. The van der Waals surface area contributed by atoms with Crippen molar-refractivity contribution in [1.29, 1.82) is 0 Å². The van der Waals surface area contributed by atoms with Gasteiger partial charge in [-0.3, -0.25) is 0 Å². The summed E-state index contributed by atoms with van der Waals surface area (Å²) in [6.07, 6.45) is 1.04. The number of guanidine groups is 1. The highest BCUT2D eigenvalue weighted by Gasteiger charge is 2.18. The van der Waals surface area contributed by atoms with Crippen LogP contribution in [0.1, 0.15) is 28.7 Å². The van der Waals surface area contributed by atoms with Crippen molar-refractivity contribution in [3.8, 4) is 5.75 Å². The molecule has 5 nitrogen and oxygen atoms in total. The highest BCUT2D eigenvalue weighted by atomic mass is 127. The maximum atomic E-state index is 6.11. The zero-order valence-corrected chi connectivity index (χ0v) is 18.4. The van der Waals surface area contributed by atoms with E-state index in [-0.39, 0.29) is 30.1 Å². The summed E-state index contributed by atoms with van der Waals surface area (Å²) in [5, 5.41) is 3.15. The van der Waals surface area contributed by atoms with E-state index < -0.39 is 0 Å². The van der Waals surface area contributed by atoms with Crippen LogP contribution in [-0.2, 0) is 11.3 Å². The zero-order chi connectivity index (χ0) is 18.5. The quantitative estimate of drug-likeness (QED) is 0.379. The molecule has 0 aliphatic carbocycles. The average molecular weight is 481 g/mol. The number of aryl methyl sites for hydroxylation is 3. The van der Waals surface area contributed by atoms with Crippen molar-refractivity contribution >= 4 is 35.6 Å². The zero-order valence-electron chi connectivity index (χ0n) is 16.1. The smallest absolute Gasteiger partial charge is 0.193 e. The molecule has 1 aliphatic heterocycles. The van der Waals surface area contributed by atoms with Crippen LogP contribution in [-0.4, -0.2) is 25.3 Å². The Balaban J connectivity index is 0.00000261. The SMILES string of the molecule is Cc1ccc(CN=C(N)Nc2ccc(C)c(C)c2)c(OC2CCOC2)c1.I. The third-order valence-electron chi connectivity index (χ3n) is 4.60. The number of halogens is 1. The molecule has 0 spiro atoms. The Morgan fingerprint density at radius 2 is 2.00 bits per heavy atom. The molecule has 27 heavy (non-hydrogen) atoms. The lowest BCUT2D eigenvalue weighted by Gasteiger charge is -2.16. The van der Waals surface area contributed by atoms with E-state index in [0.29, 0.717) is 19.1 Å². The van der Waals surface area contributed by atoms with Gasteiger partial charge in [0.25, 0.3) is 0 Å². The summed E-state index contributed by atoms with van der Waals surface area (Å²) in [5.74, 6) is 1.26. The molecule has 1 fully saturated rings. The summed E-state index contributed by atoms with van der Waals surface area (Å²) in [6, 6.07) is 12.3. The third-order valence-corrected chi connectivity index (χ3v) is 4.60. The molecule has 1 atom stereocenters. The fourth-order valence-electron chi connectivity index (χ4n) is 2.86. The second-order valence-electron chi connectivity index (χ2n) is 6.84. The molecule has 2 aromatic carbocycles. The van der Waals surface area contributed by atoms with Gasteiger partial charge in [0, 0.05) is 17.7 Å². The molecule has 1 aliphatic rings. The normalized spacial score (nSPS) is 16.7. The number of hydrogen-bond acceptors (Lipinski definition) is 3. The lowest BCUT2D eigenvalue weighted by atomic mass is 10.1. The minimum atomic E-state index is 0. The molecule has 1 heterocycles. The van der Waals surface area contributed by atoms with Gasteiger partial charge >= 0.3 is 0 Å². The first-order chi connectivity index (χ1) is 12.5. The molecule has 1 saturated heterocycles. The van der Waals surface area contributed by atoms with Gasteiger partial charge in [0.15, 0.2) is 5.96 Å². The minimum Gasteiger partial charge on any atom is -0.488 e. The van der Waals surface area contributed by atoms with Crippen molar-refractivity contribution in [2.24, 2.45) is 10.7 Å². The van der Waals surface area contributed by atoms with E-state index >= 15 is 0 Å². The van der Waals surface area contributed by atoms with Crippen molar-refractivity contribution < 1.29 is 9.47 Å². The van der Waals surface area contributed by atoms with Crippen LogP contribution in [0.15, 0.2) is 41.4 Å². The van der Waals surface area contributed by atoms with Crippen LogP contribution in [0.3, 0.4) is 0 Å². The molecule has 0 amide bonds. The van der Waals surface area contributed by atoms with Crippen LogP contribution in [0.5, 0.6) is 5.75 Å². The minimum absolute atomic E-state index is 0. The molecular weight excluding hydrogens is 453 g/mol. The maximum absolute atomic E-state index is 6.11. The van der Waals surface area contributed by atoms with Gasteiger partial charge in [0.1, 0.15) is 11.9 Å². The molecule has 1 unspecified atom stereocenters. The van der Waals surface area contributed by atoms with E-state index in [0.717, 1.165) is 35.6 Å². The van der Waals surface area contributed by atoms with E-state index in [1.165, 1.54) is 11.1 Å². The Hall–Kier alpha value is -1.80. The summed E-state index contributed by atoms with van der Waals surface area (Å²) in [6.45, 7) is 8.10. The fraction of sp³-hybridized carbons (Fsp3) is 0.381. The van der Waals surface area contributed by atoms with Gasteiger partial charge in [-0.1, -0.05) is 18.2 Å². The molecule has 0 radical (unpaired) electrons. The summed E-state index contributed by atoms with van der Waals surface area (Å²) in [7, 11) is 0. The number of anilines is 1. The maximum Gasteiger partial charge on any atom is 0.193 e. The predicted molar refractivity (Wildman–Crippen MR) is 121 cm³/mol. The van der Waals surface area contributed by atoms with E-state index in [1.807, 2.05) is 12.1 Å². The van der Waals surface area contributed by atoms with Crippen LogP contribution in [0, 0.1) is 20.8 Å². The number of benzene rings is 2. The van der Waals surface area contributed by atoms with Gasteiger partial charge in [0.05, 0.1) is 19.8 Å². The third kappa shape index (κ3) is 6.10. The van der Waals surface area contributed by atoms with Gasteiger partial charge in [-0.2, -0.15) is 0 Å². The van der Waals surface area contributed by atoms with Gasteiger partial charge < -0.3 is 20.5 Å². The number of rotatable bonds is 5. The van der Waals surface area contributed by atoms with Crippen LogP contribution in [0.25, 0.3) is 0 Å². The monoisotopic (exact) mass is 481 g/mol. The Morgan fingerprint density at radius 1 is 1.19 bits per heavy atom. The molecule has 3 rings (SSSR count). The lowest BCUT2D eigenvalue weighted by Crippen LogP contribution is -2.23. The highest BCUT2D eigenvalue weighted by molar-refractivity contribution is 14.0. The number of nitrogens with zero attached hydrogens (tertiary/aromatic N) is 1. The Morgan fingerprint density at radius 3 is 2.70 bits per heavy atom. The molecule has 3 N–H and O–H groups in total. The molecule has 0 aromatic heterocycles. The summed E-state index contributed by atoms with van der Waals surface area (Å²) in [4.78, 5) is 4.48. The molecule has 0 saturated carbocycles. The van der Waals surface area contributed by atoms with Gasteiger partial charge in [0.2, 0.25) is 0 Å². The van der Waals surface area contributed by atoms with E-state index in [9.17, 15) is 0 Å². The number of aliphatic imine (C=N–C) groups is 1. The Bertz CT molecular complexity index is 802. The van der Waals surface area contributed by atoms with E-state index in [1.54, 1.807) is 0 Å². The van der Waals surface area contributed by atoms with Crippen LogP contribution in [0.2, 0.25) is 0 Å². The van der Waals surface area contributed by atoms with Crippen LogP contribution in [0.4, 0.5) is 5.69 Å². The summed E-state index contributed by atoms with van der Waals surface area (Å²) < 4.78 is 11.5. The van der Waals surface area contributed by atoms with Crippen molar-refractivity contribution in [3.63, 3.8) is 0 Å². The van der Waals surface area contributed by atoms with Gasteiger partial charge in [-0.25, -0.2) is 4.99 Å². The van der Waals surface area contributed by atoms with Gasteiger partial charge in [-0.05, 0) is 55.7 Å². The molecule has 2 aromatic rings. The van der Waals surface area contributed by atoms with Crippen molar-refractivity contribution in [1.82, 2.24) is 0 Å². The second kappa shape index (κ2) is 9.94. The number of nitrogens with one attached hydrogen (secondary N) is 1. The van der Waals surface area contributed by atoms with Gasteiger partial charge in [-0.15, -0.1) is 24.0 Å². The average Bonchev–Trinajstić information content (AvgIpc) is 3.10.